The van der Waals surface area contributed by atoms with Crippen molar-refractivity contribution in [3.05, 3.63) is 35.4 Å². The smallest absolute Gasteiger partial charge is 0.374 e. The van der Waals surface area contributed by atoms with Crippen molar-refractivity contribution in [1.82, 2.24) is 0 Å². The van der Waals surface area contributed by atoms with Gasteiger partial charge < -0.3 is 4.74 Å². The van der Waals surface area contributed by atoms with Crippen LogP contribution in [0.1, 0.15) is 18.1 Å². The van der Waals surface area contributed by atoms with Gasteiger partial charge in [-0.2, -0.15) is 0 Å². The molecule has 0 aromatic heterocycles. The first-order chi connectivity index (χ1) is 6.97. The van der Waals surface area contributed by atoms with Crippen molar-refractivity contribution in [2.75, 3.05) is 7.11 Å². The van der Waals surface area contributed by atoms with Crippen LogP contribution in [0.25, 0.3) is 0 Å². The molecular weight excluding hydrogens is 192 g/mol. The van der Waals surface area contributed by atoms with E-state index in [1.807, 2.05) is 0 Å². The van der Waals surface area contributed by atoms with Gasteiger partial charge in [0.1, 0.15) is 0 Å². The first-order valence-electron chi connectivity index (χ1n) is 4.59. The van der Waals surface area contributed by atoms with Gasteiger partial charge in [0.2, 0.25) is 5.78 Å². The fourth-order valence-corrected chi connectivity index (χ4v) is 0.781. The van der Waals surface area contributed by atoms with Crippen LogP contribution >= 0.6 is 0 Å². The second kappa shape index (κ2) is 6.76. The fraction of sp³-hybridized carbons (Fsp3) is 0.333. The van der Waals surface area contributed by atoms with E-state index in [1.54, 1.807) is 0 Å². The second-order valence-corrected chi connectivity index (χ2v) is 3.20. The zero-order valence-electron chi connectivity index (χ0n) is 9.53. The lowest BCUT2D eigenvalue weighted by Gasteiger charge is -1.90. The van der Waals surface area contributed by atoms with Gasteiger partial charge in [0.15, 0.2) is 0 Å². The molecule has 0 atom stereocenters. The summed E-state index contributed by atoms with van der Waals surface area (Å²) >= 11 is 0. The Morgan fingerprint density at radius 3 is 1.47 bits per heavy atom. The highest BCUT2D eigenvalue weighted by atomic mass is 16.5. The van der Waals surface area contributed by atoms with Crippen LogP contribution in [0.5, 0.6) is 0 Å². The summed E-state index contributed by atoms with van der Waals surface area (Å²) < 4.78 is 4.02. The Morgan fingerprint density at radius 1 is 1.00 bits per heavy atom. The number of hydrogen-bond acceptors (Lipinski definition) is 3. The molecule has 3 nitrogen and oxygen atoms in total. The molecule has 0 saturated carbocycles. The number of ether oxygens (including phenoxy) is 1. The third kappa shape index (κ3) is 6.43. The molecule has 0 radical (unpaired) electrons. The molecule has 15 heavy (non-hydrogen) atoms. The molecule has 0 fully saturated rings. The number of rotatable bonds is 1. The minimum atomic E-state index is -0.792. The van der Waals surface area contributed by atoms with Crippen molar-refractivity contribution in [1.29, 1.82) is 0 Å². The summed E-state index contributed by atoms with van der Waals surface area (Å²) in [7, 11) is 1.17. The van der Waals surface area contributed by atoms with E-state index in [0.29, 0.717) is 0 Å². The summed E-state index contributed by atoms with van der Waals surface area (Å²) in [5, 5.41) is 0. The van der Waals surface area contributed by atoms with E-state index in [1.165, 1.54) is 18.2 Å². The first kappa shape index (κ1) is 13.4. The van der Waals surface area contributed by atoms with Crippen LogP contribution in [0.4, 0.5) is 0 Å². The summed E-state index contributed by atoms with van der Waals surface area (Å²) in [4.78, 5) is 19.8. The SMILES string of the molecule is COC(=O)C(C)=O.Cc1ccc(C)cc1. The highest BCUT2D eigenvalue weighted by Crippen LogP contribution is 1.99. The molecule has 1 aromatic carbocycles. The molecule has 0 heterocycles. The maximum atomic E-state index is 9.94. The summed E-state index contributed by atoms with van der Waals surface area (Å²) in [5.74, 6) is -1.36. The van der Waals surface area contributed by atoms with Gasteiger partial charge in [-0.25, -0.2) is 4.79 Å². The number of aryl methyl sites for hydroxylation is 2. The Bertz CT molecular complexity index is 304. The van der Waals surface area contributed by atoms with Crippen LogP contribution in [0, 0.1) is 13.8 Å². The van der Waals surface area contributed by atoms with Crippen LogP contribution in [0.3, 0.4) is 0 Å². The van der Waals surface area contributed by atoms with Gasteiger partial charge in [0.05, 0.1) is 7.11 Å². The molecule has 1 aromatic rings. The molecule has 0 amide bonds. The molecule has 0 N–H and O–H groups in total. The van der Waals surface area contributed by atoms with E-state index >= 15 is 0 Å². The fourth-order valence-electron chi connectivity index (χ4n) is 0.781. The number of ketones is 1. The number of carbonyl (C=O) groups is 2. The lowest BCUT2D eigenvalue weighted by molar-refractivity contribution is -0.150. The van der Waals surface area contributed by atoms with Crippen LogP contribution in [-0.4, -0.2) is 18.9 Å². The van der Waals surface area contributed by atoms with E-state index in [9.17, 15) is 9.59 Å². The Morgan fingerprint density at radius 2 is 1.33 bits per heavy atom. The molecule has 0 unspecified atom stereocenters. The van der Waals surface area contributed by atoms with Gasteiger partial charge >= 0.3 is 5.97 Å². The Balaban J connectivity index is 0.000000265. The van der Waals surface area contributed by atoms with E-state index < -0.39 is 11.8 Å². The number of esters is 1. The molecule has 0 saturated heterocycles. The van der Waals surface area contributed by atoms with Crippen LogP contribution in [0.15, 0.2) is 24.3 Å². The van der Waals surface area contributed by atoms with E-state index in [0.717, 1.165) is 6.92 Å². The first-order valence-corrected chi connectivity index (χ1v) is 4.59. The summed E-state index contributed by atoms with van der Waals surface area (Å²) in [6, 6.07) is 8.48. The third-order valence-corrected chi connectivity index (χ3v) is 1.69. The maximum absolute atomic E-state index is 9.94. The van der Waals surface area contributed by atoms with Crippen molar-refractivity contribution in [2.24, 2.45) is 0 Å². The van der Waals surface area contributed by atoms with Crippen LogP contribution < -0.4 is 0 Å². The number of Topliss-reactive ketones (excluding diaryl/α,β-unsaturated/α-hetero) is 1. The van der Waals surface area contributed by atoms with Crippen molar-refractivity contribution in [2.45, 2.75) is 20.8 Å². The Kier molecular flexibility index (Phi) is 6.02. The molecule has 3 heteroatoms. The van der Waals surface area contributed by atoms with E-state index in [4.69, 9.17) is 0 Å². The van der Waals surface area contributed by atoms with Crippen molar-refractivity contribution < 1.29 is 14.3 Å². The zero-order valence-corrected chi connectivity index (χ0v) is 9.53. The summed E-state index contributed by atoms with van der Waals surface area (Å²) in [5.41, 5.74) is 2.66. The predicted octanol–water partition coefficient (Wildman–Crippen LogP) is 2.05. The van der Waals surface area contributed by atoms with Crippen LogP contribution in [0.2, 0.25) is 0 Å². The van der Waals surface area contributed by atoms with Crippen molar-refractivity contribution >= 4 is 11.8 Å². The molecule has 0 aliphatic rings. The minimum Gasteiger partial charge on any atom is -0.463 e. The maximum Gasteiger partial charge on any atom is 0.374 e. The minimum absolute atomic E-state index is 0.567. The normalized spacial score (nSPS) is 8.53. The third-order valence-electron chi connectivity index (χ3n) is 1.69. The molecule has 0 aliphatic heterocycles. The zero-order chi connectivity index (χ0) is 11.8. The lowest BCUT2D eigenvalue weighted by Crippen LogP contribution is -2.10. The number of benzene rings is 1. The van der Waals surface area contributed by atoms with Gasteiger partial charge in [-0.3, -0.25) is 4.79 Å². The average molecular weight is 208 g/mol. The van der Waals surface area contributed by atoms with Crippen molar-refractivity contribution in [3.63, 3.8) is 0 Å². The molecule has 0 aliphatic carbocycles. The average Bonchev–Trinajstić information content (AvgIpc) is 2.22. The summed E-state index contributed by atoms with van der Waals surface area (Å²) in [6.07, 6.45) is 0. The van der Waals surface area contributed by atoms with E-state index in [-0.39, 0.29) is 0 Å². The Labute approximate surface area is 90.1 Å². The Hall–Kier alpha value is -1.64. The molecule has 82 valence electrons. The van der Waals surface area contributed by atoms with Gasteiger partial charge in [0.25, 0.3) is 0 Å². The molecule has 0 spiro atoms. The highest BCUT2D eigenvalue weighted by molar-refractivity contribution is 6.32. The molecule has 0 bridgehead atoms. The summed E-state index contributed by atoms with van der Waals surface area (Å²) in [6.45, 7) is 5.35. The standard InChI is InChI=1S/C8H10.C4H6O3/c1-7-3-5-8(2)6-4-7;1-3(5)4(6)7-2/h3-6H,1-2H3;1-2H3. The number of carbonyl (C=O) groups excluding carboxylic acids is 2. The van der Waals surface area contributed by atoms with Crippen molar-refractivity contribution in [3.8, 4) is 0 Å². The monoisotopic (exact) mass is 208 g/mol. The lowest BCUT2D eigenvalue weighted by atomic mass is 10.2. The van der Waals surface area contributed by atoms with E-state index in [2.05, 4.69) is 42.8 Å². The largest absolute Gasteiger partial charge is 0.463 e. The number of methoxy groups -OCH3 is 1. The number of hydrogen-bond donors (Lipinski definition) is 0. The molecular formula is C12H16O3. The van der Waals surface area contributed by atoms with Gasteiger partial charge in [-0.15, -0.1) is 0 Å². The van der Waals surface area contributed by atoms with Gasteiger partial charge in [-0.05, 0) is 13.8 Å². The topological polar surface area (TPSA) is 43.4 Å². The second-order valence-electron chi connectivity index (χ2n) is 3.20. The highest BCUT2D eigenvalue weighted by Gasteiger charge is 2.03. The van der Waals surface area contributed by atoms with Crippen LogP contribution in [-0.2, 0) is 14.3 Å². The van der Waals surface area contributed by atoms with Gasteiger partial charge in [0, 0.05) is 6.92 Å². The predicted molar refractivity (Wildman–Crippen MR) is 58.6 cm³/mol. The molecule has 1 rings (SSSR count). The van der Waals surface area contributed by atoms with Gasteiger partial charge in [-0.1, -0.05) is 35.4 Å². The quantitative estimate of drug-likeness (QED) is 0.524.